The number of hydrogen-bond acceptors (Lipinski definition) is 5. The number of aliphatic hydroxyl groups excluding tert-OH is 1. The second-order valence-corrected chi connectivity index (χ2v) is 14.2. The van der Waals surface area contributed by atoms with Crippen molar-refractivity contribution in [3.05, 3.63) is 83.5 Å². The Bertz CT molecular complexity index is 1400. The molecule has 0 aliphatic heterocycles. The number of aliphatic hydroxyl groups is 1. The van der Waals surface area contributed by atoms with Gasteiger partial charge in [-0.25, -0.2) is 18.4 Å². The number of hydrogen-bond donors (Lipinski definition) is 1. The molecule has 0 heterocycles. The average Bonchev–Trinajstić information content (AvgIpc) is 3.09. The third-order valence-corrected chi connectivity index (χ3v) is 10.6. The summed E-state index contributed by atoms with van der Waals surface area (Å²) >= 11 is 0. The van der Waals surface area contributed by atoms with Crippen LogP contribution in [0.2, 0.25) is 0 Å². The van der Waals surface area contributed by atoms with Gasteiger partial charge in [0.05, 0.1) is 25.4 Å². The van der Waals surface area contributed by atoms with E-state index in [2.05, 4.69) is 20.1 Å². The van der Waals surface area contributed by atoms with E-state index in [9.17, 15) is 14.0 Å². The number of unbranched alkanes of at least 4 members (excludes halogenated alkanes) is 2. The lowest BCUT2D eigenvalue weighted by Crippen LogP contribution is -2.28. The Kier molecular flexibility index (Phi) is 14.4. The minimum absolute atomic E-state index is 0.00306. The molecular formula is C41H54F2O5. The van der Waals surface area contributed by atoms with Crippen molar-refractivity contribution >= 4 is 11.9 Å². The van der Waals surface area contributed by atoms with Gasteiger partial charge < -0.3 is 14.6 Å². The quantitative estimate of drug-likeness (QED) is 0.110. The molecular weight excluding hydrogens is 610 g/mol. The molecule has 2 aromatic carbocycles. The molecule has 5 nitrogen and oxygen atoms in total. The number of aryl methyl sites for hydroxylation is 1. The van der Waals surface area contributed by atoms with Crippen LogP contribution in [0.15, 0.2) is 60.7 Å². The Balaban J connectivity index is 1.26. The Morgan fingerprint density at radius 1 is 0.854 bits per heavy atom. The second-order valence-electron chi connectivity index (χ2n) is 14.2. The minimum atomic E-state index is -0.638. The number of esters is 2. The predicted octanol–water partition coefficient (Wildman–Crippen LogP) is 9.66. The largest absolute Gasteiger partial charge is 0.462 e. The van der Waals surface area contributed by atoms with Crippen LogP contribution in [-0.4, -0.2) is 36.9 Å². The normalized spacial score (nSPS) is 21.7. The zero-order valence-electron chi connectivity index (χ0n) is 28.9. The van der Waals surface area contributed by atoms with E-state index in [0.717, 1.165) is 94.6 Å². The van der Waals surface area contributed by atoms with Crippen LogP contribution < -0.4 is 0 Å². The Hall–Kier alpha value is -3.32. The summed E-state index contributed by atoms with van der Waals surface area (Å²) in [6.07, 6.45) is 13.4. The molecule has 2 fully saturated rings. The molecule has 48 heavy (non-hydrogen) atoms. The van der Waals surface area contributed by atoms with Crippen molar-refractivity contribution < 1.29 is 33.0 Å². The van der Waals surface area contributed by atoms with Crippen molar-refractivity contribution in [2.24, 2.45) is 23.7 Å². The Morgan fingerprint density at radius 3 is 2.08 bits per heavy atom. The van der Waals surface area contributed by atoms with E-state index < -0.39 is 18.5 Å². The van der Waals surface area contributed by atoms with Gasteiger partial charge >= 0.3 is 11.9 Å². The second kappa shape index (κ2) is 18.4. The molecule has 4 rings (SSSR count). The van der Waals surface area contributed by atoms with Gasteiger partial charge in [-0.1, -0.05) is 70.0 Å². The lowest BCUT2D eigenvalue weighted by Gasteiger charge is -2.38. The van der Waals surface area contributed by atoms with E-state index in [1.807, 2.05) is 18.2 Å². The summed E-state index contributed by atoms with van der Waals surface area (Å²) in [5.41, 5.74) is 3.10. The van der Waals surface area contributed by atoms with E-state index in [4.69, 9.17) is 14.6 Å². The highest BCUT2D eigenvalue weighted by Gasteiger charge is 2.33. The summed E-state index contributed by atoms with van der Waals surface area (Å²) in [5.74, 6) is 0.135. The van der Waals surface area contributed by atoms with Crippen molar-refractivity contribution in [2.75, 3.05) is 19.8 Å². The lowest BCUT2D eigenvalue weighted by atomic mass is 9.67. The van der Waals surface area contributed by atoms with Crippen LogP contribution in [-0.2, 0) is 25.5 Å². The van der Waals surface area contributed by atoms with Gasteiger partial charge in [0.2, 0.25) is 0 Å². The fourth-order valence-corrected chi connectivity index (χ4v) is 7.68. The third-order valence-electron chi connectivity index (χ3n) is 10.6. The van der Waals surface area contributed by atoms with Crippen LogP contribution in [0.5, 0.6) is 0 Å². The zero-order chi connectivity index (χ0) is 34.6. The van der Waals surface area contributed by atoms with Crippen molar-refractivity contribution in [3.8, 4) is 11.1 Å². The molecule has 1 N–H and O–H groups in total. The summed E-state index contributed by atoms with van der Waals surface area (Å²) in [6, 6.07) is 10.6. The molecule has 0 spiro atoms. The summed E-state index contributed by atoms with van der Waals surface area (Å²) in [7, 11) is 0. The van der Waals surface area contributed by atoms with Gasteiger partial charge in [-0.05, 0) is 117 Å². The molecule has 0 saturated heterocycles. The first kappa shape index (κ1) is 37.5. The molecule has 2 aliphatic rings. The number of carbonyl (C=O) groups is 2. The topological polar surface area (TPSA) is 72.8 Å². The van der Waals surface area contributed by atoms with E-state index in [1.54, 1.807) is 19.1 Å². The predicted molar refractivity (Wildman–Crippen MR) is 186 cm³/mol. The van der Waals surface area contributed by atoms with E-state index in [0.29, 0.717) is 34.5 Å². The van der Waals surface area contributed by atoms with Crippen LogP contribution in [0.1, 0.15) is 108 Å². The number of rotatable bonds is 16. The van der Waals surface area contributed by atoms with Crippen LogP contribution in [0.4, 0.5) is 8.78 Å². The SMILES string of the molecule is C=C(C)C(=O)OCC(COC(=O)C(=C)CO)CC1CCC(C2CCC(c3ccc(-c4ccc(CCCCC)cc4F)cc3F)CC2)CC1. The van der Waals surface area contributed by atoms with Crippen LogP contribution in [0.3, 0.4) is 0 Å². The minimum Gasteiger partial charge on any atom is -0.462 e. The fourth-order valence-electron chi connectivity index (χ4n) is 7.68. The molecule has 0 aromatic heterocycles. The molecule has 2 aliphatic carbocycles. The summed E-state index contributed by atoms with van der Waals surface area (Å²) in [6.45, 7) is 10.7. The van der Waals surface area contributed by atoms with Gasteiger partial charge in [-0.15, -0.1) is 0 Å². The highest BCUT2D eigenvalue weighted by molar-refractivity contribution is 5.88. The Labute approximate surface area is 285 Å². The maximum absolute atomic E-state index is 15.4. The number of benzene rings is 2. The monoisotopic (exact) mass is 664 g/mol. The highest BCUT2D eigenvalue weighted by atomic mass is 19.1. The van der Waals surface area contributed by atoms with Crippen molar-refractivity contribution in [3.63, 3.8) is 0 Å². The van der Waals surface area contributed by atoms with Gasteiger partial charge in [-0.3, -0.25) is 0 Å². The number of ether oxygens (including phenoxy) is 2. The molecule has 262 valence electrons. The van der Waals surface area contributed by atoms with Crippen molar-refractivity contribution in [2.45, 2.75) is 103 Å². The molecule has 0 radical (unpaired) electrons. The molecule has 1 atom stereocenters. The highest BCUT2D eigenvalue weighted by Crippen LogP contribution is 2.45. The first-order chi connectivity index (χ1) is 23.1. The molecule has 7 heteroatoms. The van der Waals surface area contributed by atoms with Gasteiger partial charge in [0.15, 0.2) is 0 Å². The van der Waals surface area contributed by atoms with Crippen LogP contribution in [0, 0.1) is 35.3 Å². The van der Waals surface area contributed by atoms with Crippen LogP contribution in [0.25, 0.3) is 11.1 Å². The maximum Gasteiger partial charge on any atom is 0.335 e. The summed E-state index contributed by atoms with van der Waals surface area (Å²) in [5, 5.41) is 9.17. The molecule has 0 bridgehead atoms. The van der Waals surface area contributed by atoms with Gasteiger partial charge in [0.1, 0.15) is 11.6 Å². The smallest absolute Gasteiger partial charge is 0.335 e. The Morgan fingerprint density at radius 2 is 1.50 bits per heavy atom. The van der Waals surface area contributed by atoms with Crippen LogP contribution >= 0.6 is 0 Å². The third kappa shape index (κ3) is 10.6. The van der Waals surface area contributed by atoms with E-state index >= 15 is 4.39 Å². The molecule has 0 amide bonds. The molecule has 2 saturated carbocycles. The fraction of sp³-hybridized carbons (Fsp3) is 0.561. The zero-order valence-corrected chi connectivity index (χ0v) is 28.9. The van der Waals surface area contributed by atoms with E-state index in [1.165, 1.54) is 6.07 Å². The first-order valence-electron chi connectivity index (χ1n) is 18.0. The van der Waals surface area contributed by atoms with Gasteiger partial charge in [0, 0.05) is 17.1 Å². The summed E-state index contributed by atoms with van der Waals surface area (Å²) in [4.78, 5) is 24.1. The van der Waals surface area contributed by atoms with E-state index in [-0.39, 0.29) is 42.3 Å². The number of halogens is 2. The lowest BCUT2D eigenvalue weighted by molar-refractivity contribution is -0.144. The standard InChI is InChI=1S/C41H54F2O5/c1-5-6-7-8-29-11-19-37(38(42)22-29)35-18-20-36(39(43)23-35)34-16-14-33(15-17-34)32-12-9-30(10-13-32)21-31(25-47-40(45)27(2)3)26-48-41(46)28(4)24-44/h11,18-20,22-23,30-34,44H,2,4-10,12-17,21,24-26H2,1,3H3. The molecule has 2 aromatic rings. The van der Waals surface area contributed by atoms with Gasteiger partial charge in [-0.2, -0.15) is 0 Å². The maximum atomic E-state index is 15.4. The summed E-state index contributed by atoms with van der Waals surface area (Å²) < 4.78 is 41.2. The first-order valence-corrected chi connectivity index (χ1v) is 18.0. The number of carbonyl (C=O) groups excluding carboxylic acids is 2. The molecule has 1 unspecified atom stereocenters. The van der Waals surface area contributed by atoms with Crippen molar-refractivity contribution in [1.82, 2.24) is 0 Å². The van der Waals surface area contributed by atoms with Gasteiger partial charge in [0.25, 0.3) is 0 Å². The van der Waals surface area contributed by atoms with Crippen molar-refractivity contribution in [1.29, 1.82) is 0 Å². The average molecular weight is 665 g/mol.